The minimum Gasteiger partial charge on any atom is -0.467 e. The van der Waals surface area contributed by atoms with Crippen LogP contribution in [-0.2, 0) is 10.0 Å². The van der Waals surface area contributed by atoms with Gasteiger partial charge in [0.25, 0.3) is 0 Å². The lowest BCUT2D eigenvalue weighted by atomic mass is 9.91. The maximum absolute atomic E-state index is 12.3. The van der Waals surface area contributed by atoms with Gasteiger partial charge in [0, 0.05) is 13.1 Å². The number of nitrogens with one attached hydrogen (secondary N) is 2. The molecule has 0 unspecified atom stereocenters. The lowest BCUT2D eigenvalue weighted by Crippen LogP contribution is -2.47. The summed E-state index contributed by atoms with van der Waals surface area (Å²) in [7, 11) is -1.96. The number of hydrogen-bond acceptors (Lipinski definition) is 4. The van der Waals surface area contributed by atoms with Gasteiger partial charge in [-0.05, 0) is 37.9 Å². The highest BCUT2D eigenvalue weighted by atomic mass is 32.2. The first-order valence-corrected chi connectivity index (χ1v) is 9.07. The van der Waals surface area contributed by atoms with Gasteiger partial charge in [-0.2, -0.15) is 0 Å². The Balaban J connectivity index is 1.97. The molecule has 2 heterocycles. The summed E-state index contributed by atoms with van der Waals surface area (Å²) in [5.41, 5.74) is 0. The molecule has 1 aliphatic rings. The molecular formula is C14H23N3O4S. The minimum absolute atomic E-state index is 0.0823. The summed E-state index contributed by atoms with van der Waals surface area (Å²) in [6.07, 6.45) is 3.37. The number of nitrogens with zero attached hydrogens (tertiary/aromatic N) is 1. The molecule has 2 amide bonds. The quantitative estimate of drug-likeness (QED) is 0.852. The predicted molar refractivity (Wildman–Crippen MR) is 82.8 cm³/mol. The fourth-order valence-electron chi connectivity index (χ4n) is 2.63. The molecule has 1 saturated heterocycles. The molecule has 0 spiro atoms. The molecule has 2 rings (SSSR count). The molecular weight excluding hydrogens is 306 g/mol. The van der Waals surface area contributed by atoms with Crippen LogP contribution in [0.4, 0.5) is 4.79 Å². The summed E-state index contributed by atoms with van der Waals surface area (Å²) < 4.78 is 30.4. The van der Waals surface area contributed by atoms with E-state index in [-0.39, 0.29) is 24.4 Å². The van der Waals surface area contributed by atoms with Crippen molar-refractivity contribution in [2.75, 3.05) is 25.9 Å². The number of piperidine rings is 1. The van der Waals surface area contributed by atoms with Crippen LogP contribution in [-0.4, -0.2) is 45.2 Å². The molecule has 8 heteroatoms. The fraction of sp³-hybridized carbons (Fsp3) is 0.643. The van der Waals surface area contributed by atoms with Crippen LogP contribution in [0.3, 0.4) is 0 Å². The second-order valence-corrected chi connectivity index (χ2v) is 7.66. The van der Waals surface area contributed by atoms with E-state index in [1.54, 1.807) is 11.2 Å². The second kappa shape index (κ2) is 7.15. The normalized spacial score (nSPS) is 22.5. The van der Waals surface area contributed by atoms with Crippen molar-refractivity contribution in [2.45, 2.75) is 25.8 Å². The SMILES string of the molecule is CNS(=O)(=O)CCNC(=O)N1CC[C@H](C)C[C@@H]1c1ccco1. The van der Waals surface area contributed by atoms with E-state index >= 15 is 0 Å². The predicted octanol–water partition coefficient (Wildman–Crippen LogP) is 1.31. The summed E-state index contributed by atoms with van der Waals surface area (Å²) in [5, 5.41) is 2.68. The zero-order valence-corrected chi connectivity index (χ0v) is 13.7. The molecule has 0 aliphatic carbocycles. The van der Waals surface area contributed by atoms with Crippen LogP contribution >= 0.6 is 0 Å². The molecule has 2 N–H and O–H groups in total. The molecule has 124 valence electrons. The van der Waals surface area contributed by atoms with E-state index in [4.69, 9.17) is 4.42 Å². The molecule has 22 heavy (non-hydrogen) atoms. The number of furan rings is 1. The average Bonchev–Trinajstić information content (AvgIpc) is 3.01. The highest BCUT2D eigenvalue weighted by Gasteiger charge is 2.32. The molecule has 1 fully saturated rings. The summed E-state index contributed by atoms with van der Waals surface area (Å²) in [6.45, 7) is 2.88. The van der Waals surface area contributed by atoms with Crippen molar-refractivity contribution >= 4 is 16.1 Å². The largest absolute Gasteiger partial charge is 0.467 e. The van der Waals surface area contributed by atoms with E-state index in [1.165, 1.54) is 7.05 Å². The third kappa shape index (κ3) is 4.23. The Morgan fingerprint density at radius 1 is 1.50 bits per heavy atom. The maximum atomic E-state index is 12.3. The number of carbonyl (C=O) groups is 1. The second-order valence-electron chi connectivity index (χ2n) is 5.61. The molecule has 0 bridgehead atoms. The first-order chi connectivity index (χ1) is 10.4. The lowest BCUT2D eigenvalue weighted by molar-refractivity contribution is 0.120. The Kier molecular flexibility index (Phi) is 5.47. The molecule has 1 aromatic heterocycles. The topological polar surface area (TPSA) is 91.7 Å². The summed E-state index contributed by atoms with van der Waals surface area (Å²) in [6, 6.07) is 3.33. The monoisotopic (exact) mass is 329 g/mol. The van der Waals surface area contributed by atoms with Crippen molar-refractivity contribution in [3.8, 4) is 0 Å². The van der Waals surface area contributed by atoms with Gasteiger partial charge >= 0.3 is 6.03 Å². The van der Waals surface area contributed by atoms with E-state index in [2.05, 4.69) is 17.0 Å². The smallest absolute Gasteiger partial charge is 0.318 e. The highest BCUT2D eigenvalue weighted by Crippen LogP contribution is 2.34. The van der Waals surface area contributed by atoms with Gasteiger partial charge in [0.1, 0.15) is 5.76 Å². The van der Waals surface area contributed by atoms with E-state index in [0.29, 0.717) is 12.5 Å². The van der Waals surface area contributed by atoms with E-state index in [0.717, 1.165) is 18.6 Å². The van der Waals surface area contributed by atoms with Crippen LogP contribution < -0.4 is 10.0 Å². The number of hydrogen-bond donors (Lipinski definition) is 2. The van der Waals surface area contributed by atoms with Gasteiger partial charge in [-0.3, -0.25) is 0 Å². The van der Waals surface area contributed by atoms with Crippen molar-refractivity contribution in [1.82, 2.24) is 14.9 Å². The molecule has 2 atom stereocenters. The first-order valence-electron chi connectivity index (χ1n) is 7.42. The van der Waals surface area contributed by atoms with Gasteiger partial charge < -0.3 is 14.6 Å². The third-order valence-electron chi connectivity index (χ3n) is 3.96. The summed E-state index contributed by atoms with van der Waals surface area (Å²) in [5.74, 6) is 1.15. The van der Waals surface area contributed by atoms with Crippen molar-refractivity contribution < 1.29 is 17.6 Å². The lowest BCUT2D eigenvalue weighted by Gasteiger charge is -2.37. The first kappa shape index (κ1) is 16.8. The van der Waals surface area contributed by atoms with Crippen molar-refractivity contribution in [3.63, 3.8) is 0 Å². The Labute approximate surface area is 131 Å². The number of urea groups is 1. The third-order valence-corrected chi connectivity index (χ3v) is 5.32. The zero-order valence-electron chi connectivity index (χ0n) is 12.9. The number of carbonyl (C=O) groups excluding carboxylic acids is 1. The van der Waals surface area contributed by atoms with Gasteiger partial charge in [-0.25, -0.2) is 17.9 Å². The van der Waals surface area contributed by atoms with Crippen molar-refractivity contribution in [2.24, 2.45) is 5.92 Å². The van der Waals surface area contributed by atoms with E-state index in [9.17, 15) is 13.2 Å². The van der Waals surface area contributed by atoms with Gasteiger partial charge in [-0.15, -0.1) is 0 Å². The molecule has 1 aliphatic heterocycles. The number of sulfonamides is 1. The summed E-state index contributed by atoms with van der Waals surface area (Å²) >= 11 is 0. The van der Waals surface area contributed by atoms with Crippen LogP contribution in [0.5, 0.6) is 0 Å². The van der Waals surface area contributed by atoms with Crippen LogP contribution in [0, 0.1) is 5.92 Å². The van der Waals surface area contributed by atoms with Gasteiger partial charge in [0.05, 0.1) is 18.1 Å². The standard InChI is InChI=1S/C14H23N3O4S/c1-11-5-7-17(12(10-11)13-4-3-8-21-13)14(18)16-6-9-22(19,20)15-2/h3-4,8,11-12,15H,5-7,9-10H2,1-2H3,(H,16,18)/t11-,12+/m0/s1. The Morgan fingerprint density at radius 2 is 2.27 bits per heavy atom. The maximum Gasteiger partial charge on any atom is 0.318 e. The fourth-order valence-corrected chi connectivity index (χ4v) is 3.21. The average molecular weight is 329 g/mol. The highest BCUT2D eigenvalue weighted by molar-refractivity contribution is 7.89. The van der Waals surface area contributed by atoms with Crippen LogP contribution in [0.25, 0.3) is 0 Å². The molecule has 7 nitrogen and oxygen atoms in total. The number of amides is 2. The molecule has 0 radical (unpaired) electrons. The van der Waals surface area contributed by atoms with Crippen LogP contribution in [0.1, 0.15) is 31.6 Å². The molecule has 0 aromatic carbocycles. The number of likely N-dealkylation sites (tertiary alicyclic amines) is 1. The zero-order chi connectivity index (χ0) is 16.2. The van der Waals surface area contributed by atoms with Crippen LogP contribution in [0.15, 0.2) is 22.8 Å². The van der Waals surface area contributed by atoms with Crippen molar-refractivity contribution in [3.05, 3.63) is 24.2 Å². The van der Waals surface area contributed by atoms with Crippen molar-refractivity contribution in [1.29, 1.82) is 0 Å². The summed E-state index contributed by atoms with van der Waals surface area (Å²) in [4.78, 5) is 14.1. The Morgan fingerprint density at radius 3 is 2.91 bits per heavy atom. The van der Waals surface area contributed by atoms with E-state index < -0.39 is 10.0 Å². The van der Waals surface area contributed by atoms with Gasteiger partial charge in [0.15, 0.2) is 0 Å². The van der Waals surface area contributed by atoms with Gasteiger partial charge in [0.2, 0.25) is 10.0 Å². The van der Waals surface area contributed by atoms with E-state index in [1.807, 2.05) is 12.1 Å². The van der Waals surface area contributed by atoms with Gasteiger partial charge in [-0.1, -0.05) is 6.92 Å². The van der Waals surface area contributed by atoms with Crippen LogP contribution in [0.2, 0.25) is 0 Å². The molecule has 0 saturated carbocycles. The Bertz CT molecular complexity index is 585. The Hall–Kier alpha value is -1.54. The minimum atomic E-state index is -3.31. The molecule has 1 aromatic rings. The number of rotatable bonds is 5.